The van der Waals surface area contributed by atoms with Crippen molar-refractivity contribution in [2.75, 3.05) is 0 Å². The molecular formula is C98H64N4. The van der Waals surface area contributed by atoms with Crippen LogP contribution in [0, 0.1) is 0 Å². The quantitative estimate of drug-likeness (QED) is 0.137. The highest BCUT2D eigenvalue weighted by atomic mass is 15.0. The van der Waals surface area contributed by atoms with Crippen LogP contribution in [0.5, 0.6) is 0 Å². The zero-order valence-corrected chi connectivity index (χ0v) is 55.7. The number of hydrogen-bond donors (Lipinski definition) is 0. The van der Waals surface area contributed by atoms with Crippen molar-refractivity contribution in [3.05, 3.63) is 388 Å². The van der Waals surface area contributed by atoms with Crippen LogP contribution >= 0.6 is 0 Å². The van der Waals surface area contributed by atoms with Crippen LogP contribution in [-0.2, 0) is 0 Å². The number of rotatable bonds is 9. The summed E-state index contributed by atoms with van der Waals surface area (Å²) in [6.07, 6.45) is 0. The summed E-state index contributed by atoms with van der Waals surface area (Å²) in [5.74, 6) is 0. The molecule has 4 heteroatoms. The van der Waals surface area contributed by atoms with Gasteiger partial charge in [0.25, 0.3) is 0 Å². The predicted molar refractivity (Wildman–Crippen MR) is 432 cm³/mol. The lowest BCUT2D eigenvalue weighted by atomic mass is 9.98. The van der Waals surface area contributed by atoms with Crippen LogP contribution < -0.4 is 0 Å². The largest absolute Gasteiger partial charge is 0.309 e. The van der Waals surface area contributed by atoms with Gasteiger partial charge in [-0.1, -0.05) is 261 Å². The maximum Gasteiger partial charge on any atom is 0.0541 e. The van der Waals surface area contributed by atoms with E-state index in [1.165, 1.54) is 181 Å². The van der Waals surface area contributed by atoms with Gasteiger partial charge in [-0.25, -0.2) is 0 Å². The first kappa shape index (κ1) is 58.6. The van der Waals surface area contributed by atoms with Gasteiger partial charge in [0.2, 0.25) is 0 Å². The van der Waals surface area contributed by atoms with Crippen LogP contribution in [0.4, 0.5) is 0 Å². The van der Waals surface area contributed by atoms with Gasteiger partial charge in [-0.3, -0.25) is 0 Å². The maximum atomic E-state index is 2.44. The molecule has 0 atom stereocenters. The highest BCUT2D eigenvalue weighted by molar-refractivity contribution is 6.15. The van der Waals surface area contributed by atoms with Crippen molar-refractivity contribution in [1.82, 2.24) is 18.3 Å². The van der Waals surface area contributed by atoms with E-state index in [1.54, 1.807) is 0 Å². The fourth-order valence-electron chi connectivity index (χ4n) is 16.1. The van der Waals surface area contributed by atoms with E-state index in [-0.39, 0.29) is 0 Å². The molecule has 0 aliphatic carbocycles. The van der Waals surface area contributed by atoms with Gasteiger partial charge in [-0.2, -0.15) is 0 Å². The van der Waals surface area contributed by atoms with Gasteiger partial charge in [-0.15, -0.1) is 0 Å². The summed E-state index contributed by atoms with van der Waals surface area (Å²) in [6.45, 7) is 0. The highest BCUT2D eigenvalue weighted by Crippen LogP contribution is 2.43. The fourth-order valence-corrected chi connectivity index (χ4v) is 16.1. The molecule has 0 aliphatic heterocycles. The van der Waals surface area contributed by atoms with Crippen molar-refractivity contribution < 1.29 is 0 Å². The van der Waals surface area contributed by atoms with Crippen molar-refractivity contribution in [3.8, 4) is 78.4 Å². The lowest BCUT2D eigenvalue weighted by Gasteiger charge is -2.14. The third-order valence-corrected chi connectivity index (χ3v) is 20.9. The summed E-state index contributed by atoms with van der Waals surface area (Å²) in [7, 11) is 0. The molecule has 476 valence electrons. The lowest BCUT2D eigenvalue weighted by molar-refractivity contribution is 1.18. The Morgan fingerprint density at radius 3 is 0.755 bits per heavy atom. The number of nitrogens with zero attached hydrogens (tertiary/aromatic N) is 4. The SMILES string of the molecule is c1ccc(-c2cc(-c3ccccc3)cc(-n3c4ccccc4c4cc(-c5ccc6c(c5)c5ccccc5n6-c5ccc6ccccc6c5)ccc43)c2)cc1.c1ccc(-c2cccc(-n3c4ccccc4c4cc(-c5ccc6c(c5)c5ccccc5n6-c5ccc6ccccc6c5)ccc43)c2)cc1. The molecule has 0 N–H and O–H groups in total. The van der Waals surface area contributed by atoms with Crippen LogP contribution in [0.1, 0.15) is 0 Å². The van der Waals surface area contributed by atoms with Crippen molar-refractivity contribution >= 4 is 109 Å². The van der Waals surface area contributed by atoms with E-state index in [1.807, 2.05) is 0 Å². The Bertz CT molecular complexity index is 6810. The third-order valence-electron chi connectivity index (χ3n) is 20.9. The number of aromatic nitrogens is 4. The first-order valence-electron chi connectivity index (χ1n) is 35.1. The van der Waals surface area contributed by atoms with Crippen molar-refractivity contribution in [2.45, 2.75) is 0 Å². The van der Waals surface area contributed by atoms with Crippen LogP contribution in [0.25, 0.3) is 187 Å². The molecule has 17 aromatic carbocycles. The fraction of sp³-hybridized carbons (Fsp3) is 0. The van der Waals surface area contributed by atoms with Crippen LogP contribution in [0.15, 0.2) is 388 Å². The number of fused-ring (bicyclic) bond motifs is 14. The van der Waals surface area contributed by atoms with Gasteiger partial charge >= 0.3 is 0 Å². The molecule has 4 nitrogen and oxygen atoms in total. The Morgan fingerprint density at radius 1 is 0.118 bits per heavy atom. The normalized spacial score (nSPS) is 11.7. The minimum absolute atomic E-state index is 1.15. The Morgan fingerprint density at radius 2 is 0.382 bits per heavy atom. The summed E-state index contributed by atoms with van der Waals surface area (Å²) in [4.78, 5) is 0. The summed E-state index contributed by atoms with van der Waals surface area (Å²) in [6, 6.07) is 142. The summed E-state index contributed by atoms with van der Waals surface area (Å²) in [5.41, 5.74) is 26.4. The van der Waals surface area contributed by atoms with Crippen LogP contribution in [-0.4, -0.2) is 18.3 Å². The molecule has 102 heavy (non-hydrogen) atoms. The molecule has 0 bridgehead atoms. The predicted octanol–water partition coefficient (Wildman–Crippen LogP) is 26.4. The molecule has 0 unspecified atom stereocenters. The Balaban J connectivity index is 0.000000138. The topological polar surface area (TPSA) is 19.7 Å². The van der Waals surface area contributed by atoms with Gasteiger partial charge in [-0.05, 0) is 205 Å². The summed E-state index contributed by atoms with van der Waals surface area (Å²) in [5, 5.41) is 15.0. The summed E-state index contributed by atoms with van der Waals surface area (Å²) < 4.78 is 9.65. The first-order chi connectivity index (χ1) is 50.6. The summed E-state index contributed by atoms with van der Waals surface area (Å²) >= 11 is 0. The molecule has 0 spiro atoms. The molecule has 4 aromatic heterocycles. The standard InChI is InChI=1S/C52H34N2.C46H30N2/c1-3-13-35(14-4-1)41-29-42(36-15-5-2-6-16-36)32-44(31-41)54-50-22-12-10-20-46(50)48-34-40(25-28-52(48)54)39-24-27-51-47(33-39)45-19-9-11-21-49(45)53(51)43-26-23-37-17-7-8-18-38(37)30-43;1-2-11-31(12-3-1)34-15-10-16-37(27-34)47-43-19-8-6-17-39(43)41-29-35(22-25-45(41)47)36-23-26-46-42(30-36)40-18-7-9-20-44(40)48(46)38-24-21-32-13-4-5-14-33(32)28-38/h1-34H;1-30H. The average Bonchev–Trinajstić information content (AvgIpc) is 1.59. The van der Waals surface area contributed by atoms with Gasteiger partial charge < -0.3 is 18.3 Å². The molecule has 21 rings (SSSR count). The molecule has 21 aromatic rings. The maximum absolute atomic E-state index is 2.44. The van der Waals surface area contributed by atoms with Crippen molar-refractivity contribution in [3.63, 3.8) is 0 Å². The highest BCUT2D eigenvalue weighted by Gasteiger charge is 2.21. The monoisotopic (exact) mass is 1300 g/mol. The molecule has 0 saturated heterocycles. The Hall–Kier alpha value is -13.5. The van der Waals surface area contributed by atoms with Crippen LogP contribution in [0.2, 0.25) is 0 Å². The second kappa shape index (κ2) is 24.2. The number of hydrogen-bond acceptors (Lipinski definition) is 0. The average molecular weight is 1300 g/mol. The van der Waals surface area contributed by atoms with Gasteiger partial charge in [0.15, 0.2) is 0 Å². The van der Waals surface area contributed by atoms with E-state index >= 15 is 0 Å². The lowest BCUT2D eigenvalue weighted by Crippen LogP contribution is -1.96. The van der Waals surface area contributed by atoms with Crippen LogP contribution in [0.3, 0.4) is 0 Å². The van der Waals surface area contributed by atoms with E-state index in [4.69, 9.17) is 0 Å². The zero-order valence-electron chi connectivity index (χ0n) is 55.7. The molecule has 4 heterocycles. The second-order valence-electron chi connectivity index (χ2n) is 26.8. The second-order valence-corrected chi connectivity index (χ2v) is 26.8. The van der Waals surface area contributed by atoms with E-state index in [9.17, 15) is 0 Å². The van der Waals surface area contributed by atoms with E-state index in [2.05, 4.69) is 407 Å². The number of para-hydroxylation sites is 4. The molecule has 0 radical (unpaired) electrons. The molecule has 0 aliphatic rings. The molecule has 0 fully saturated rings. The van der Waals surface area contributed by atoms with Gasteiger partial charge in [0.05, 0.1) is 44.1 Å². The van der Waals surface area contributed by atoms with Crippen molar-refractivity contribution in [1.29, 1.82) is 0 Å². The Kier molecular flexibility index (Phi) is 13.9. The minimum Gasteiger partial charge on any atom is -0.309 e. The van der Waals surface area contributed by atoms with E-state index in [0.29, 0.717) is 0 Å². The minimum atomic E-state index is 1.15. The molecular weight excluding hydrogens is 1230 g/mol. The third kappa shape index (κ3) is 9.91. The van der Waals surface area contributed by atoms with E-state index < -0.39 is 0 Å². The Labute approximate surface area is 590 Å². The number of benzene rings is 17. The smallest absolute Gasteiger partial charge is 0.0541 e. The molecule has 0 saturated carbocycles. The molecule has 0 amide bonds. The zero-order chi connectivity index (χ0) is 67.2. The van der Waals surface area contributed by atoms with E-state index in [0.717, 1.165) is 5.69 Å². The first-order valence-corrected chi connectivity index (χ1v) is 35.1. The van der Waals surface area contributed by atoms with Gasteiger partial charge in [0, 0.05) is 65.8 Å². The van der Waals surface area contributed by atoms with Gasteiger partial charge in [0.1, 0.15) is 0 Å². The van der Waals surface area contributed by atoms with Crippen molar-refractivity contribution in [2.24, 2.45) is 0 Å².